The van der Waals surface area contributed by atoms with Crippen molar-refractivity contribution in [2.75, 3.05) is 0 Å². The minimum atomic E-state index is -0.169. The van der Waals surface area contributed by atoms with Gasteiger partial charge in [-0.1, -0.05) is 32.0 Å². The summed E-state index contributed by atoms with van der Waals surface area (Å²) < 4.78 is 0. The third-order valence-electron chi connectivity index (χ3n) is 3.57. The molecule has 3 heteroatoms. The molecular weight excluding hydrogens is 250 g/mol. The van der Waals surface area contributed by atoms with Crippen molar-refractivity contribution < 1.29 is 9.90 Å². The van der Waals surface area contributed by atoms with E-state index < -0.39 is 0 Å². The molecule has 0 spiro atoms. The summed E-state index contributed by atoms with van der Waals surface area (Å²) in [5.41, 5.74) is 5.45. The number of aliphatic hydroxyl groups is 1. The molecule has 2 rings (SSSR count). The highest BCUT2D eigenvalue weighted by Crippen LogP contribution is 2.28. The molecule has 1 heterocycles. The normalized spacial score (nSPS) is 10.6. The number of carbonyl (C=O) groups excluding carboxylic acids is 1. The van der Waals surface area contributed by atoms with Gasteiger partial charge in [0, 0.05) is 22.9 Å². The van der Waals surface area contributed by atoms with Crippen molar-refractivity contribution in [3.05, 3.63) is 52.7 Å². The molecule has 3 nitrogen and oxygen atoms in total. The molecular formula is C17H19NO2. The van der Waals surface area contributed by atoms with Crippen molar-refractivity contribution in [3.63, 3.8) is 0 Å². The molecule has 0 aliphatic heterocycles. The van der Waals surface area contributed by atoms with Crippen LogP contribution in [0.4, 0.5) is 0 Å². The first-order valence-electron chi connectivity index (χ1n) is 6.91. The van der Waals surface area contributed by atoms with Gasteiger partial charge in [0.25, 0.3) is 0 Å². The Hall–Kier alpha value is -2.00. The molecule has 1 aromatic heterocycles. The topological polar surface area (TPSA) is 50.2 Å². The smallest absolute Gasteiger partial charge is 0.150 e. The summed E-state index contributed by atoms with van der Waals surface area (Å²) >= 11 is 0. The quantitative estimate of drug-likeness (QED) is 0.848. The van der Waals surface area contributed by atoms with E-state index in [1.165, 1.54) is 11.1 Å². The van der Waals surface area contributed by atoms with Crippen molar-refractivity contribution in [2.24, 2.45) is 0 Å². The van der Waals surface area contributed by atoms with Gasteiger partial charge in [0.15, 0.2) is 6.29 Å². The van der Waals surface area contributed by atoms with E-state index in [4.69, 9.17) is 0 Å². The summed E-state index contributed by atoms with van der Waals surface area (Å²) in [6.45, 7) is 4.05. The van der Waals surface area contributed by atoms with E-state index in [0.717, 1.165) is 30.4 Å². The van der Waals surface area contributed by atoms with E-state index in [-0.39, 0.29) is 6.61 Å². The van der Waals surface area contributed by atoms with Crippen LogP contribution in [-0.2, 0) is 19.4 Å². The Balaban J connectivity index is 2.64. The van der Waals surface area contributed by atoms with Crippen molar-refractivity contribution in [2.45, 2.75) is 33.3 Å². The average molecular weight is 269 g/mol. The number of rotatable bonds is 5. The maximum atomic E-state index is 11.1. The van der Waals surface area contributed by atoms with Gasteiger partial charge in [0.2, 0.25) is 0 Å². The lowest BCUT2D eigenvalue weighted by atomic mass is 9.94. The summed E-state index contributed by atoms with van der Waals surface area (Å²) in [7, 11) is 0. The highest BCUT2D eigenvalue weighted by atomic mass is 16.3. The Morgan fingerprint density at radius 1 is 1.15 bits per heavy atom. The number of benzene rings is 1. The molecule has 0 atom stereocenters. The second-order valence-electron chi connectivity index (χ2n) is 4.70. The standard InChI is InChI=1S/C17H19NO2/c1-3-12-6-5-7-13(4-2)17(12)16-8-14(10-19)15(11-20)9-18-16/h5-10,20H,3-4,11H2,1-2H3. The number of aldehydes is 1. The van der Waals surface area contributed by atoms with Crippen LogP contribution in [0.1, 0.15) is 40.9 Å². The molecule has 1 N–H and O–H groups in total. The number of carbonyl (C=O) groups is 1. The van der Waals surface area contributed by atoms with Crippen LogP contribution in [0.5, 0.6) is 0 Å². The maximum Gasteiger partial charge on any atom is 0.150 e. The van der Waals surface area contributed by atoms with E-state index >= 15 is 0 Å². The lowest BCUT2D eigenvalue weighted by Crippen LogP contribution is -2.00. The minimum Gasteiger partial charge on any atom is -0.392 e. The van der Waals surface area contributed by atoms with Gasteiger partial charge in [-0.3, -0.25) is 9.78 Å². The Bertz CT molecular complexity index is 598. The number of aromatic nitrogens is 1. The number of aliphatic hydroxyl groups excluding tert-OH is 1. The number of nitrogens with zero attached hydrogens (tertiary/aromatic N) is 1. The van der Waals surface area contributed by atoms with Crippen molar-refractivity contribution in [1.29, 1.82) is 0 Å². The molecule has 0 saturated heterocycles. The summed E-state index contributed by atoms with van der Waals surface area (Å²) in [5, 5.41) is 9.21. The molecule has 0 radical (unpaired) electrons. The van der Waals surface area contributed by atoms with E-state index in [1.807, 2.05) is 0 Å². The second-order valence-corrected chi connectivity index (χ2v) is 4.70. The number of hydrogen-bond acceptors (Lipinski definition) is 3. The molecule has 0 bridgehead atoms. The van der Waals surface area contributed by atoms with Gasteiger partial charge >= 0.3 is 0 Å². The zero-order chi connectivity index (χ0) is 14.5. The second kappa shape index (κ2) is 6.44. The first kappa shape index (κ1) is 14.4. The van der Waals surface area contributed by atoms with Gasteiger partial charge in [0.05, 0.1) is 12.3 Å². The van der Waals surface area contributed by atoms with Gasteiger partial charge in [-0.15, -0.1) is 0 Å². The SMILES string of the molecule is CCc1cccc(CC)c1-c1cc(C=O)c(CO)cn1. The first-order chi connectivity index (χ1) is 9.74. The average Bonchev–Trinajstić information content (AvgIpc) is 2.53. The molecule has 1 aromatic carbocycles. The highest BCUT2D eigenvalue weighted by molar-refractivity contribution is 5.81. The Morgan fingerprint density at radius 3 is 2.30 bits per heavy atom. The molecule has 0 unspecified atom stereocenters. The summed E-state index contributed by atoms with van der Waals surface area (Å²) in [6, 6.07) is 8.02. The Labute approximate surface area is 119 Å². The molecule has 0 aliphatic rings. The Morgan fingerprint density at radius 2 is 1.80 bits per heavy atom. The number of pyridine rings is 1. The summed E-state index contributed by atoms with van der Waals surface area (Å²) in [5.74, 6) is 0. The van der Waals surface area contributed by atoms with Gasteiger partial charge in [-0.25, -0.2) is 0 Å². The van der Waals surface area contributed by atoms with Crippen LogP contribution in [0.15, 0.2) is 30.5 Å². The predicted octanol–water partition coefficient (Wildman–Crippen LogP) is 3.18. The van der Waals surface area contributed by atoms with Crippen molar-refractivity contribution >= 4 is 6.29 Å². The predicted molar refractivity (Wildman–Crippen MR) is 79.7 cm³/mol. The summed E-state index contributed by atoms with van der Waals surface area (Å²) in [6.07, 6.45) is 4.20. The van der Waals surface area contributed by atoms with Crippen LogP contribution < -0.4 is 0 Å². The fraction of sp³-hybridized carbons (Fsp3) is 0.294. The summed E-state index contributed by atoms with van der Waals surface area (Å²) in [4.78, 5) is 15.6. The molecule has 104 valence electrons. The minimum absolute atomic E-state index is 0.169. The number of aryl methyl sites for hydroxylation is 2. The van der Waals surface area contributed by atoms with Crippen molar-refractivity contribution in [1.82, 2.24) is 4.98 Å². The van der Waals surface area contributed by atoms with Gasteiger partial charge < -0.3 is 5.11 Å². The monoisotopic (exact) mass is 269 g/mol. The Kier molecular flexibility index (Phi) is 4.64. The third-order valence-corrected chi connectivity index (χ3v) is 3.57. The maximum absolute atomic E-state index is 11.1. The molecule has 0 amide bonds. The van der Waals surface area contributed by atoms with E-state index in [9.17, 15) is 9.90 Å². The van der Waals surface area contributed by atoms with E-state index in [1.54, 1.807) is 12.3 Å². The van der Waals surface area contributed by atoms with Crippen molar-refractivity contribution in [3.8, 4) is 11.3 Å². The van der Waals surface area contributed by atoms with Crippen LogP contribution in [0.3, 0.4) is 0 Å². The highest BCUT2D eigenvalue weighted by Gasteiger charge is 2.12. The molecule has 0 saturated carbocycles. The molecule has 0 fully saturated rings. The van der Waals surface area contributed by atoms with Crippen LogP contribution in [0.2, 0.25) is 0 Å². The number of hydrogen-bond donors (Lipinski definition) is 1. The van der Waals surface area contributed by atoms with Crippen LogP contribution >= 0.6 is 0 Å². The lowest BCUT2D eigenvalue weighted by molar-refractivity contribution is 0.112. The van der Waals surface area contributed by atoms with E-state index in [0.29, 0.717) is 11.1 Å². The van der Waals surface area contributed by atoms with Crippen LogP contribution in [-0.4, -0.2) is 16.4 Å². The fourth-order valence-electron chi connectivity index (χ4n) is 2.45. The largest absolute Gasteiger partial charge is 0.392 e. The van der Waals surface area contributed by atoms with Gasteiger partial charge in [-0.2, -0.15) is 0 Å². The van der Waals surface area contributed by atoms with Gasteiger partial charge in [0.1, 0.15) is 0 Å². The fourth-order valence-corrected chi connectivity index (χ4v) is 2.45. The lowest BCUT2D eigenvalue weighted by Gasteiger charge is -2.13. The molecule has 2 aromatic rings. The van der Waals surface area contributed by atoms with Crippen LogP contribution in [0.25, 0.3) is 11.3 Å². The van der Waals surface area contributed by atoms with Gasteiger partial charge in [-0.05, 0) is 30.0 Å². The molecule has 20 heavy (non-hydrogen) atoms. The van der Waals surface area contributed by atoms with Crippen LogP contribution in [0, 0.1) is 0 Å². The zero-order valence-corrected chi connectivity index (χ0v) is 11.9. The van der Waals surface area contributed by atoms with E-state index in [2.05, 4.69) is 37.0 Å². The third kappa shape index (κ3) is 2.63. The zero-order valence-electron chi connectivity index (χ0n) is 11.9. The first-order valence-corrected chi connectivity index (χ1v) is 6.91. The molecule has 0 aliphatic carbocycles.